The summed E-state index contributed by atoms with van der Waals surface area (Å²) in [5.41, 5.74) is 1.67. The predicted octanol–water partition coefficient (Wildman–Crippen LogP) is 2.09. The number of hydrogen-bond donors (Lipinski definition) is 2. The van der Waals surface area contributed by atoms with Gasteiger partial charge in [-0.05, 0) is 23.3 Å². The van der Waals surface area contributed by atoms with Gasteiger partial charge in [0.1, 0.15) is 5.75 Å². The molecule has 4 nitrogen and oxygen atoms in total. The highest BCUT2D eigenvalue weighted by Gasteiger charge is 2.09. The highest BCUT2D eigenvalue weighted by Crippen LogP contribution is 2.13. The van der Waals surface area contributed by atoms with Crippen molar-refractivity contribution in [1.82, 2.24) is 5.32 Å². The lowest BCUT2D eigenvalue weighted by atomic mass is 10.1. The van der Waals surface area contributed by atoms with Crippen LogP contribution in [0.3, 0.4) is 0 Å². The lowest BCUT2D eigenvalue weighted by Crippen LogP contribution is -2.29. The van der Waals surface area contributed by atoms with E-state index in [1.54, 1.807) is 7.11 Å². The van der Waals surface area contributed by atoms with Crippen molar-refractivity contribution >= 4 is 5.91 Å². The Morgan fingerprint density at radius 2 is 1.95 bits per heavy atom. The molecule has 0 aromatic heterocycles. The molecular formula is C17H19NO3. The summed E-state index contributed by atoms with van der Waals surface area (Å²) >= 11 is 0. The lowest BCUT2D eigenvalue weighted by Gasteiger charge is -2.12. The van der Waals surface area contributed by atoms with Crippen LogP contribution in [0.4, 0.5) is 0 Å². The third kappa shape index (κ3) is 4.61. The van der Waals surface area contributed by atoms with Crippen molar-refractivity contribution in [3.63, 3.8) is 0 Å². The predicted molar refractivity (Wildman–Crippen MR) is 81.1 cm³/mol. The lowest BCUT2D eigenvalue weighted by molar-refractivity contribution is -0.120. The number of methoxy groups -OCH3 is 1. The van der Waals surface area contributed by atoms with E-state index in [2.05, 4.69) is 5.32 Å². The van der Waals surface area contributed by atoms with E-state index in [4.69, 9.17) is 4.74 Å². The molecule has 0 radical (unpaired) electrons. The first-order valence-corrected chi connectivity index (χ1v) is 6.81. The van der Waals surface area contributed by atoms with E-state index >= 15 is 0 Å². The largest absolute Gasteiger partial charge is 0.497 e. The molecule has 2 aromatic carbocycles. The Morgan fingerprint density at radius 1 is 1.19 bits per heavy atom. The van der Waals surface area contributed by atoms with E-state index in [0.717, 1.165) is 16.9 Å². The minimum absolute atomic E-state index is 0.127. The molecule has 0 saturated carbocycles. The number of amides is 1. The van der Waals surface area contributed by atoms with Crippen molar-refractivity contribution in [2.45, 2.75) is 12.5 Å². The summed E-state index contributed by atoms with van der Waals surface area (Å²) in [5.74, 6) is 0.600. The van der Waals surface area contributed by atoms with Gasteiger partial charge in [-0.15, -0.1) is 0 Å². The van der Waals surface area contributed by atoms with Gasteiger partial charge in [0.25, 0.3) is 0 Å². The maximum Gasteiger partial charge on any atom is 0.224 e. The van der Waals surface area contributed by atoms with Gasteiger partial charge < -0.3 is 15.2 Å². The highest BCUT2D eigenvalue weighted by molar-refractivity contribution is 5.78. The van der Waals surface area contributed by atoms with Crippen molar-refractivity contribution < 1.29 is 14.6 Å². The molecule has 0 aliphatic carbocycles. The molecule has 110 valence electrons. The number of nitrogens with one attached hydrogen (secondary N) is 1. The van der Waals surface area contributed by atoms with Crippen LogP contribution in [0.1, 0.15) is 17.2 Å². The zero-order valence-corrected chi connectivity index (χ0v) is 12.0. The van der Waals surface area contributed by atoms with Crippen LogP contribution in [0, 0.1) is 0 Å². The second-order valence-corrected chi connectivity index (χ2v) is 4.76. The van der Waals surface area contributed by atoms with Crippen LogP contribution < -0.4 is 10.1 Å². The summed E-state index contributed by atoms with van der Waals surface area (Å²) in [4.78, 5) is 11.9. The second-order valence-electron chi connectivity index (χ2n) is 4.76. The minimum Gasteiger partial charge on any atom is -0.497 e. The number of hydrogen-bond acceptors (Lipinski definition) is 3. The second kappa shape index (κ2) is 7.45. The minimum atomic E-state index is -0.694. The summed E-state index contributed by atoms with van der Waals surface area (Å²) in [6, 6.07) is 16.6. The van der Waals surface area contributed by atoms with Gasteiger partial charge in [-0.25, -0.2) is 0 Å². The maximum atomic E-state index is 11.9. The molecule has 0 aliphatic rings. The number of aliphatic hydroxyl groups is 1. The van der Waals surface area contributed by atoms with Gasteiger partial charge in [-0.2, -0.15) is 0 Å². The van der Waals surface area contributed by atoms with Gasteiger partial charge in [0.2, 0.25) is 5.91 Å². The molecule has 2 rings (SSSR count). The average Bonchev–Trinajstić information content (AvgIpc) is 2.53. The fraction of sp³-hybridized carbons (Fsp3) is 0.235. The summed E-state index contributed by atoms with van der Waals surface area (Å²) in [6.07, 6.45) is -0.431. The van der Waals surface area contributed by atoms with Crippen molar-refractivity contribution in [3.8, 4) is 5.75 Å². The standard InChI is InChI=1S/C17H19NO3/c1-21-15-9-5-6-13(10-15)11-17(20)18-12-16(19)14-7-3-2-4-8-14/h2-10,16,19H,11-12H2,1H3,(H,18,20). The smallest absolute Gasteiger partial charge is 0.224 e. The Kier molecular flexibility index (Phi) is 5.35. The number of carbonyl (C=O) groups excluding carboxylic acids is 1. The van der Waals surface area contributed by atoms with Gasteiger partial charge >= 0.3 is 0 Å². The Hall–Kier alpha value is -2.33. The van der Waals surface area contributed by atoms with Crippen LogP contribution in [0.25, 0.3) is 0 Å². The summed E-state index contributed by atoms with van der Waals surface area (Å²) in [7, 11) is 1.59. The molecule has 1 atom stereocenters. The van der Waals surface area contributed by atoms with E-state index in [9.17, 15) is 9.90 Å². The number of ether oxygens (including phenoxy) is 1. The molecule has 1 amide bonds. The van der Waals surface area contributed by atoms with Crippen LogP contribution in [-0.2, 0) is 11.2 Å². The molecule has 1 unspecified atom stereocenters. The van der Waals surface area contributed by atoms with E-state index in [-0.39, 0.29) is 18.9 Å². The molecule has 21 heavy (non-hydrogen) atoms. The first kappa shape index (κ1) is 15.1. The number of rotatable bonds is 6. The topological polar surface area (TPSA) is 58.6 Å². The first-order valence-electron chi connectivity index (χ1n) is 6.81. The fourth-order valence-corrected chi connectivity index (χ4v) is 2.03. The zero-order valence-electron chi connectivity index (χ0n) is 12.0. The van der Waals surface area contributed by atoms with Crippen LogP contribution in [0.2, 0.25) is 0 Å². The Morgan fingerprint density at radius 3 is 2.67 bits per heavy atom. The van der Waals surface area contributed by atoms with Gasteiger partial charge in [-0.3, -0.25) is 4.79 Å². The monoisotopic (exact) mass is 285 g/mol. The van der Waals surface area contributed by atoms with E-state index in [1.807, 2.05) is 54.6 Å². The molecule has 4 heteroatoms. The molecule has 0 aliphatic heterocycles. The first-order chi connectivity index (χ1) is 10.2. The molecule has 0 saturated heterocycles. The van der Waals surface area contributed by atoms with E-state index in [1.165, 1.54) is 0 Å². The van der Waals surface area contributed by atoms with Crippen molar-refractivity contribution in [2.24, 2.45) is 0 Å². The van der Waals surface area contributed by atoms with Gasteiger partial charge in [-0.1, -0.05) is 42.5 Å². The van der Waals surface area contributed by atoms with Crippen molar-refractivity contribution in [2.75, 3.05) is 13.7 Å². The molecule has 0 fully saturated rings. The highest BCUT2D eigenvalue weighted by atomic mass is 16.5. The third-order valence-corrected chi connectivity index (χ3v) is 3.18. The van der Waals surface area contributed by atoms with Crippen molar-refractivity contribution in [1.29, 1.82) is 0 Å². The fourth-order valence-electron chi connectivity index (χ4n) is 2.03. The van der Waals surface area contributed by atoms with E-state index < -0.39 is 6.10 Å². The average molecular weight is 285 g/mol. The molecule has 0 spiro atoms. The number of benzene rings is 2. The SMILES string of the molecule is COc1cccc(CC(=O)NCC(O)c2ccccc2)c1. The van der Waals surface area contributed by atoms with Crippen molar-refractivity contribution in [3.05, 3.63) is 65.7 Å². The van der Waals surface area contributed by atoms with Gasteiger partial charge in [0.05, 0.1) is 19.6 Å². The Balaban J connectivity index is 1.84. The van der Waals surface area contributed by atoms with Crippen LogP contribution in [-0.4, -0.2) is 24.7 Å². The Bertz CT molecular complexity index is 584. The maximum absolute atomic E-state index is 11.9. The van der Waals surface area contributed by atoms with E-state index in [0.29, 0.717) is 0 Å². The number of carbonyl (C=O) groups is 1. The van der Waals surface area contributed by atoms with Gasteiger partial charge in [0, 0.05) is 6.54 Å². The van der Waals surface area contributed by atoms with Crippen LogP contribution in [0.5, 0.6) is 5.75 Å². The summed E-state index contributed by atoms with van der Waals surface area (Å²) in [5, 5.41) is 12.7. The molecule has 2 aromatic rings. The van der Waals surface area contributed by atoms with Crippen LogP contribution in [0.15, 0.2) is 54.6 Å². The summed E-state index contributed by atoms with van der Waals surface area (Å²) < 4.78 is 5.12. The zero-order chi connectivity index (χ0) is 15.1. The Labute approximate surface area is 124 Å². The molecule has 2 N–H and O–H groups in total. The molecule has 0 bridgehead atoms. The third-order valence-electron chi connectivity index (χ3n) is 3.18. The summed E-state index contributed by atoms with van der Waals surface area (Å²) in [6.45, 7) is 0.201. The normalized spacial score (nSPS) is 11.7. The molecule has 0 heterocycles. The number of aliphatic hydroxyl groups excluding tert-OH is 1. The molecular weight excluding hydrogens is 266 g/mol. The van der Waals surface area contributed by atoms with Gasteiger partial charge in [0.15, 0.2) is 0 Å². The van der Waals surface area contributed by atoms with Crippen LogP contribution >= 0.6 is 0 Å². The quantitative estimate of drug-likeness (QED) is 0.854.